The van der Waals surface area contributed by atoms with Crippen LogP contribution in [0.4, 0.5) is 10.5 Å². The number of hydrogen-bond acceptors (Lipinski definition) is 3. The summed E-state index contributed by atoms with van der Waals surface area (Å²) in [5.74, 6) is -1.19. The molecule has 1 aliphatic rings. The van der Waals surface area contributed by atoms with E-state index < -0.39 is 5.97 Å². The van der Waals surface area contributed by atoms with E-state index in [-0.39, 0.29) is 17.0 Å². The minimum absolute atomic E-state index is 0.278. The van der Waals surface area contributed by atoms with E-state index in [2.05, 4.69) is 5.32 Å². The van der Waals surface area contributed by atoms with Crippen LogP contribution in [0, 0.1) is 17.2 Å². The van der Waals surface area contributed by atoms with E-state index in [9.17, 15) is 9.59 Å². The quantitative estimate of drug-likeness (QED) is 0.878. The summed E-state index contributed by atoms with van der Waals surface area (Å²) in [5, 5.41) is 20.7. The van der Waals surface area contributed by atoms with Crippen LogP contribution in [0.3, 0.4) is 0 Å². The zero-order valence-corrected chi connectivity index (χ0v) is 11.9. The molecule has 1 fully saturated rings. The Balaban J connectivity index is 1.95. The first-order valence-electron chi connectivity index (χ1n) is 6.49. The van der Waals surface area contributed by atoms with Crippen molar-refractivity contribution in [1.29, 1.82) is 5.26 Å². The van der Waals surface area contributed by atoms with Crippen molar-refractivity contribution >= 4 is 29.3 Å². The van der Waals surface area contributed by atoms with Crippen LogP contribution in [0.1, 0.15) is 18.4 Å². The van der Waals surface area contributed by atoms with E-state index in [0.717, 1.165) is 0 Å². The highest BCUT2D eigenvalue weighted by Gasteiger charge is 2.26. The zero-order chi connectivity index (χ0) is 15.4. The lowest BCUT2D eigenvalue weighted by Gasteiger charge is -2.30. The van der Waals surface area contributed by atoms with Crippen LogP contribution >= 0.6 is 11.6 Å². The summed E-state index contributed by atoms with van der Waals surface area (Å²) in [5.41, 5.74) is 0.848. The van der Waals surface area contributed by atoms with Crippen LogP contribution in [0.15, 0.2) is 18.2 Å². The predicted molar refractivity (Wildman–Crippen MR) is 77.1 cm³/mol. The van der Waals surface area contributed by atoms with Gasteiger partial charge in [0, 0.05) is 18.8 Å². The van der Waals surface area contributed by atoms with Crippen LogP contribution in [0.2, 0.25) is 5.02 Å². The minimum Gasteiger partial charge on any atom is -0.481 e. The lowest BCUT2D eigenvalue weighted by atomic mass is 9.97. The number of halogens is 1. The number of carboxylic acid groups (broad SMARTS) is 1. The number of hydrogen-bond donors (Lipinski definition) is 2. The lowest BCUT2D eigenvalue weighted by molar-refractivity contribution is -0.143. The Bertz CT molecular complexity index is 604. The molecule has 0 aromatic heterocycles. The van der Waals surface area contributed by atoms with Gasteiger partial charge in [0.25, 0.3) is 0 Å². The number of rotatable bonds is 2. The average Bonchev–Trinajstić information content (AvgIpc) is 2.47. The van der Waals surface area contributed by atoms with Crippen LogP contribution in [-0.2, 0) is 4.79 Å². The van der Waals surface area contributed by atoms with Crippen LogP contribution < -0.4 is 5.32 Å². The standard InChI is InChI=1S/C14H14ClN3O3/c15-12-7-11(2-1-10(12)8-16)17-14(21)18-5-3-9(4-6-18)13(19)20/h1-2,7,9H,3-6H2,(H,17,21)(H,19,20). The van der Waals surface area contributed by atoms with Crippen molar-refractivity contribution in [2.45, 2.75) is 12.8 Å². The maximum Gasteiger partial charge on any atom is 0.321 e. The Hall–Kier alpha value is -2.26. The number of anilines is 1. The molecule has 0 bridgehead atoms. The molecule has 1 aliphatic heterocycles. The second kappa shape index (κ2) is 6.46. The van der Waals surface area contributed by atoms with Crippen molar-refractivity contribution in [2.24, 2.45) is 5.92 Å². The Morgan fingerprint density at radius 1 is 1.38 bits per heavy atom. The van der Waals surface area contributed by atoms with E-state index in [1.54, 1.807) is 11.0 Å². The topological polar surface area (TPSA) is 93.4 Å². The first-order chi connectivity index (χ1) is 10.0. The summed E-state index contributed by atoms with van der Waals surface area (Å²) in [7, 11) is 0. The van der Waals surface area contributed by atoms with Gasteiger partial charge in [0.1, 0.15) is 6.07 Å². The molecule has 1 heterocycles. The Morgan fingerprint density at radius 3 is 2.57 bits per heavy atom. The fraction of sp³-hybridized carbons (Fsp3) is 0.357. The van der Waals surface area contributed by atoms with Crippen molar-refractivity contribution in [1.82, 2.24) is 4.90 Å². The number of likely N-dealkylation sites (tertiary alicyclic amines) is 1. The third-order valence-electron chi connectivity index (χ3n) is 3.47. The largest absolute Gasteiger partial charge is 0.481 e. The highest BCUT2D eigenvalue weighted by molar-refractivity contribution is 6.32. The Morgan fingerprint density at radius 2 is 2.05 bits per heavy atom. The highest BCUT2D eigenvalue weighted by Crippen LogP contribution is 2.22. The maximum atomic E-state index is 12.1. The molecule has 0 radical (unpaired) electrons. The molecule has 2 rings (SSSR count). The van der Waals surface area contributed by atoms with E-state index in [0.29, 0.717) is 37.2 Å². The van der Waals surface area contributed by atoms with E-state index in [4.69, 9.17) is 22.0 Å². The molecule has 1 saturated heterocycles. The lowest BCUT2D eigenvalue weighted by Crippen LogP contribution is -2.42. The fourth-order valence-corrected chi connectivity index (χ4v) is 2.44. The first-order valence-corrected chi connectivity index (χ1v) is 6.87. The molecular formula is C14H14ClN3O3. The molecule has 2 amide bonds. The summed E-state index contributed by atoms with van der Waals surface area (Å²) < 4.78 is 0. The van der Waals surface area contributed by atoms with Gasteiger partial charge in [-0.1, -0.05) is 11.6 Å². The van der Waals surface area contributed by atoms with E-state index in [1.165, 1.54) is 12.1 Å². The number of carbonyl (C=O) groups excluding carboxylic acids is 1. The van der Waals surface area contributed by atoms with Gasteiger partial charge in [-0.25, -0.2) is 4.79 Å². The number of carboxylic acids is 1. The number of piperidine rings is 1. The average molecular weight is 308 g/mol. The van der Waals surface area contributed by atoms with Crippen molar-refractivity contribution in [3.63, 3.8) is 0 Å². The van der Waals surface area contributed by atoms with Gasteiger partial charge in [-0.3, -0.25) is 4.79 Å². The monoisotopic (exact) mass is 307 g/mol. The number of nitrogens with zero attached hydrogens (tertiary/aromatic N) is 2. The molecule has 7 heteroatoms. The maximum absolute atomic E-state index is 12.1. The summed E-state index contributed by atoms with van der Waals surface area (Å²) in [6, 6.07) is 6.31. The number of amides is 2. The SMILES string of the molecule is N#Cc1ccc(NC(=O)N2CCC(C(=O)O)CC2)cc1Cl. The number of nitrogens with one attached hydrogen (secondary N) is 1. The number of benzene rings is 1. The van der Waals surface area contributed by atoms with E-state index >= 15 is 0 Å². The molecule has 1 aromatic carbocycles. The van der Waals surface area contributed by atoms with Crippen molar-refractivity contribution in [2.75, 3.05) is 18.4 Å². The molecule has 21 heavy (non-hydrogen) atoms. The normalized spacial score (nSPS) is 15.3. The second-order valence-electron chi connectivity index (χ2n) is 4.84. The van der Waals surface area contributed by atoms with Gasteiger partial charge in [0.15, 0.2) is 0 Å². The Kier molecular flexibility index (Phi) is 4.66. The van der Waals surface area contributed by atoms with Gasteiger partial charge in [0.05, 0.1) is 16.5 Å². The third kappa shape index (κ3) is 3.64. The molecule has 6 nitrogen and oxygen atoms in total. The smallest absolute Gasteiger partial charge is 0.321 e. The van der Waals surface area contributed by atoms with Gasteiger partial charge in [-0.15, -0.1) is 0 Å². The van der Waals surface area contributed by atoms with Gasteiger partial charge >= 0.3 is 12.0 Å². The van der Waals surface area contributed by atoms with Gasteiger partial charge in [-0.05, 0) is 31.0 Å². The number of urea groups is 1. The zero-order valence-electron chi connectivity index (χ0n) is 11.2. The first kappa shape index (κ1) is 15.1. The summed E-state index contributed by atoms with van der Waals surface area (Å²) in [6.07, 6.45) is 0.910. The molecule has 1 aromatic rings. The van der Waals surface area contributed by atoms with Crippen molar-refractivity contribution < 1.29 is 14.7 Å². The number of nitriles is 1. The number of carbonyl (C=O) groups is 2. The Labute approximate surface area is 126 Å². The predicted octanol–water partition coefficient (Wildman–Crippen LogP) is 2.54. The summed E-state index contributed by atoms with van der Waals surface area (Å²) >= 11 is 5.90. The van der Waals surface area contributed by atoms with Crippen LogP contribution in [0.5, 0.6) is 0 Å². The molecule has 0 aliphatic carbocycles. The fourth-order valence-electron chi connectivity index (χ4n) is 2.22. The summed E-state index contributed by atoms with van der Waals surface area (Å²) in [6.45, 7) is 0.819. The minimum atomic E-state index is -0.811. The van der Waals surface area contributed by atoms with E-state index in [1.807, 2.05) is 6.07 Å². The van der Waals surface area contributed by atoms with Crippen molar-refractivity contribution in [3.05, 3.63) is 28.8 Å². The van der Waals surface area contributed by atoms with Gasteiger partial charge in [-0.2, -0.15) is 5.26 Å². The summed E-state index contributed by atoms with van der Waals surface area (Å²) in [4.78, 5) is 24.5. The molecule has 0 spiro atoms. The molecule has 0 atom stereocenters. The molecule has 0 saturated carbocycles. The molecule has 0 unspecified atom stereocenters. The number of aliphatic carboxylic acids is 1. The van der Waals surface area contributed by atoms with Crippen molar-refractivity contribution in [3.8, 4) is 6.07 Å². The van der Waals surface area contributed by atoms with Crippen LogP contribution in [0.25, 0.3) is 0 Å². The van der Waals surface area contributed by atoms with Crippen LogP contribution in [-0.4, -0.2) is 35.1 Å². The molecular weight excluding hydrogens is 294 g/mol. The highest BCUT2D eigenvalue weighted by atomic mass is 35.5. The van der Waals surface area contributed by atoms with Gasteiger partial charge in [0.2, 0.25) is 0 Å². The molecule has 2 N–H and O–H groups in total. The van der Waals surface area contributed by atoms with Gasteiger partial charge < -0.3 is 15.3 Å². The molecule has 110 valence electrons. The third-order valence-corrected chi connectivity index (χ3v) is 3.78. The second-order valence-corrected chi connectivity index (χ2v) is 5.24.